The molecule has 21 heavy (non-hydrogen) atoms. The number of unbranched alkanes of at least 4 members (excludes halogenated alkanes) is 1. The molecule has 0 aliphatic carbocycles. The largest absolute Gasteiger partial charge is 0.395 e. The van der Waals surface area contributed by atoms with Crippen LogP contribution in [0.2, 0.25) is 0 Å². The van der Waals surface area contributed by atoms with Crippen LogP contribution in [0.25, 0.3) is 0 Å². The minimum Gasteiger partial charge on any atom is -0.395 e. The molecule has 3 N–H and O–H groups in total. The zero-order valence-corrected chi connectivity index (χ0v) is 12.8. The van der Waals surface area contributed by atoms with Gasteiger partial charge < -0.3 is 15.7 Å². The van der Waals surface area contributed by atoms with Crippen LogP contribution in [0, 0.1) is 11.8 Å². The van der Waals surface area contributed by atoms with E-state index in [2.05, 4.69) is 29.4 Å². The van der Waals surface area contributed by atoms with Crippen molar-refractivity contribution >= 4 is 6.03 Å². The van der Waals surface area contributed by atoms with Crippen LogP contribution in [0.5, 0.6) is 0 Å². The maximum atomic E-state index is 11.7. The summed E-state index contributed by atoms with van der Waals surface area (Å²) in [5, 5.41) is 14.5. The van der Waals surface area contributed by atoms with Crippen LogP contribution in [-0.4, -0.2) is 24.3 Å². The van der Waals surface area contributed by atoms with Gasteiger partial charge >= 0.3 is 6.03 Å². The van der Waals surface area contributed by atoms with E-state index in [-0.39, 0.29) is 18.7 Å². The van der Waals surface area contributed by atoms with E-state index in [0.717, 1.165) is 24.0 Å². The van der Waals surface area contributed by atoms with Gasteiger partial charge in [-0.15, -0.1) is 0 Å². The lowest BCUT2D eigenvalue weighted by molar-refractivity contribution is 0.238. The van der Waals surface area contributed by atoms with Gasteiger partial charge in [-0.05, 0) is 31.0 Å². The summed E-state index contributed by atoms with van der Waals surface area (Å²) in [6, 6.07) is 7.54. The molecule has 4 nitrogen and oxygen atoms in total. The Bertz CT molecular complexity index is 503. The number of carbonyl (C=O) groups excluding carboxylic acids is 1. The molecule has 2 amide bonds. The average Bonchev–Trinajstić information content (AvgIpc) is 2.48. The highest BCUT2D eigenvalue weighted by atomic mass is 16.2. The first-order valence-corrected chi connectivity index (χ1v) is 7.41. The van der Waals surface area contributed by atoms with E-state index >= 15 is 0 Å². The maximum Gasteiger partial charge on any atom is 0.315 e. The Hall–Kier alpha value is -1.99. The molecular weight excluding hydrogens is 264 g/mol. The van der Waals surface area contributed by atoms with Crippen molar-refractivity contribution in [3.05, 3.63) is 35.4 Å². The molecule has 0 aromatic heterocycles. The van der Waals surface area contributed by atoms with Crippen molar-refractivity contribution in [1.29, 1.82) is 0 Å². The van der Waals surface area contributed by atoms with Crippen LogP contribution in [-0.2, 0) is 0 Å². The third-order valence-corrected chi connectivity index (χ3v) is 3.02. The molecule has 0 heterocycles. The molecule has 1 rings (SSSR count). The van der Waals surface area contributed by atoms with Crippen LogP contribution in [0.3, 0.4) is 0 Å². The van der Waals surface area contributed by atoms with Gasteiger partial charge in [-0.1, -0.05) is 37.3 Å². The molecule has 0 spiro atoms. The van der Waals surface area contributed by atoms with E-state index in [4.69, 9.17) is 5.11 Å². The lowest BCUT2D eigenvalue weighted by atomic mass is 10.1. The Balaban J connectivity index is 2.58. The van der Waals surface area contributed by atoms with Crippen molar-refractivity contribution in [3.8, 4) is 11.8 Å². The summed E-state index contributed by atoms with van der Waals surface area (Å²) in [6.45, 7) is 4.80. The van der Waals surface area contributed by atoms with Crippen LogP contribution < -0.4 is 10.6 Å². The highest BCUT2D eigenvalue weighted by Gasteiger charge is 2.08. The second kappa shape index (κ2) is 9.84. The summed E-state index contributed by atoms with van der Waals surface area (Å²) >= 11 is 0. The summed E-state index contributed by atoms with van der Waals surface area (Å²) in [5.41, 5.74) is 1.90. The number of amides is 2. The van der Waals surface area contributed by atoms with Gasteiger partial charge in [0.2, 0.25) is 0 Å². The summed E-state index contributed by atoms with van der Waals surface area (Å²) in [6.07, 6.45) is 2.51. The first-order chi connectivity index (χ1) is 10.2. The lowest BCUT2D eigenvalue weighted by Gasteiger charge is -2.15. The van der Waals surface area contributed by atoms with Crippen molar-refractivity contribution in [3.63, 3.8) is 0 Å². The smallest absolute Gasteiger partial charge is 0.315 e. The quantitative estimate of drug-likeness (QED) is 0.556. The second-order valence-electron chi connectivity index (χ2n) is 4.88. The number of aliphatic hydroxyl groups excluding tert-OH is 1. The highest BCUT2D eigenvalue weighted by Crippen LogP contribution is 2.13. The fraction of sp³-hybridized carbons (Fsp3) is 0.471. The Morgan fingerprint density at radius 3 is 2.95 bits per heavy atom. The maximum absolute atomic E-state index is 11.7. The summed E-state index contributed by atoms with van der Waals surface area (Å²) in [7, 11) is 0. The van der Waals surface area contributed by atoms with Gasteiger partial charge in [-0.25, -0.2) is 4.79 Å². The van der Waals surface area contributed by atoms with Crippen LogP contribution >= 0.6 is 0 Å². The second-order valence-corrected chi connectivity index (χ2v) is 4.88. The summed E-state index contributed by atoms with van der Waals surface area (Å²) in [5.74, 6) is 5.89. The lowest BCUT2D eigenvalue weighted by Crippen LogP contribution is -2.37. The van der Waals surface area contributed by atoms with Gasteiger partial charge in [0.25, 0.3) is 0 Å². The molecular formula is C17H24N2O2. The van der Waals surface area contributed by atoms with Crippen LogP contribution in [0.1, 0.15) is 50.3 Å². The molecule has 4 heteroatoms. The molecule has 114 valence electrons. The van der Waals surface area contributed by atoms with E-state index in [1.807, 2.05) is 31.2 Å². The van der Waals surface area contributed by atoms with Crippen molar-refractivity contribution in [2.75, 3.05) is 13.2 Å². The normalized spacial score (nSPS) is 11.2. The van der Waals surface area contributed by atoms with E-state index in [1.165, 1.54) is 0 Å². The standard InChI is InChI=1S/C17H24N2O2/c1-3-4-11-18-17(21)19-14(2)16-10-7-9-15(13-16)8-5-6-12-20/h7,9-10,13-14,20H,3-4,6,11-12H2,1-2H3,(H2,18,19,21). The first kappa shape index (κ1) is 17.1. The van der Waals surface area contributed by atoms with Gasteiger partial charge in [-0.3, -0.25) is 0 Å². The van der Waals surface area contributed by atoms with Crippen molar-refractivity contribution in [2.24, 2.45) is 0 Å². The fourth-order valence-electron chi connectivity index (χ4n) is 1.82. The van der Waals surface area contributed by atoms with Gasteiger partial charge in [0, 0.05) is 18.5 Å². The predicted molar refractivity (Wildman–Crippen MR) is 84.9 cm³/mol. The Morgan fingerprint density at radius 2 is 2.24 bits per heavy atom. The molecule has 0 radical (unpaired) electrons. The first-order valence-electron chi connectivity index (χ1n) is 7.41. The van der Waals surface area contributed by atoms with E-state index in [0.29, 0.717) is 13.0 Å². The third kappa shape index (κ3) is 6.82. The van der Waals surface area contributed by atoms with E-state index in [1.54, 1.807) is 0 Å². The predicted octanol–water partition coefficient (Wildman–Crippen LogP) is 2.58. The number of rotatable bonds is 6. The number of urea groups is 1. The zero-order chi connectivity index (χ0) is 15.5. The SMILES string of the molecule is CCCCNC(=O)NC(C)c1cccc(C#CCCO)c1. The summed E-state index contributed by atoms with van der Waals surface area (Å²) in [4.78, 5) is 11.7. The monoisotopic (exact) mass is 288 g/mol. The number of nitrogens with one attached hydrogen (secondary N) is 2. The van der Waals surface area contributed by atoms with Crippen molar-refractivity contribution in [2.45, 2.75) is 39.2 Å². The van der Waals surface area contributed by atoms with E-state index < -0.39 is 0 Å². The highest BCUT2D eigenvalue weighted by molar-refractivity contribution is 5.74. The molecule has 0 fully saturated rings. The molecule has 1 aromatic rings. The molecule has 0 bridgehead atoms. The van der Waals surface area contributed by atoms with Crippen molar-refractivity contribution in [1.82, 2.24) is 10.6 Å². The number of carbonyl (C=O) groups is 1. The average molecular weight is 288 g/mol. The number of hydrogen-bond acceptors (Lipinski definition) is 2. The number of hydrogen-bond donors (Lipinski definition) is 3. The van der Waals surface area contributed by atoms with Crippen LogP contribution in [0.15, 0.2) is 24.3 Å². The Labute approximate surface area is 127 Å². The molecule has 0 aliphatic rings. The molecule has 1 unspecified atom stereocenters. The molecule has 0 aliphatic heterocycles. The van der Waals surface area contributed by atoms with Crippen LogP contribution in [0.4, 0.5) is 4.79 Å². The number of benzene rings is 1. The summed E-state index contributed by atoms with van der Waals surface area (Å²) < 4.78 is 0. The Kier molecular flexibility index (Phi) is 8.00. The minimum atomic E-state index is -0.146. The van der Waals surface area contributed by atoms with Gasteiger partial charge in [0.15, 0.2) is 0 Å². The molecule has 0 saturated heterocycles. The minimum absolute atomic E-state index is 0.0720. The molecule has 1 aromatic carbocycles. The van der Waals surface area contributed by atoms with E-state index in [9.17, 15) is 4.79 Å². The zero-order valence-electron chi connectivity index (χ0n) is 12.8. The molecule has 1 atom stereocenters. The Morgan fingerprint density at radius 1 is 1.43 bits per heavy atom. The van der Waals surface area contributed by atoms with Gasteiger partial charge in [0.05, 0.1) is 12.6 Å². The molecule has 0 saturated carbocycles. The van der Waals surface area contributed by atoms with Crippen molar-refractivity contribution < 1.29 is 9.90 Å². The van der Waals surface area contributed by atoms with Gasteiger partial charge in [-0.2, -0.15) is 0 Å². The number of aliphatic hydroxyl groups is 1. The topological polar surface area (TPSA) is 61.4 Å². The fourth-order valence-corrected chi connectivity index (χ4v) is 1.82. The van der Waals surface area contributed by atoms with Gasteiger partial charge in [0.1, 0.15) is 0 Å². The third-order valence-electron chi connectivity index (χ3n) is 3.02.